The lowest BCUT2D eigenvalue weighted by atomic mass is 10.1. The van der Waals surface area contributed by atoms with Crippen molar-refractivity contribution in [2.24, 2.45) is 7.05 Å². The summed E-state index contributed by atoms with van der Waals surface area (Å²) in [6.45, 7) is 0.775. The number of hydrogen-bond donors (Lipinski definition) is 0. The molecule has 0 saturated carbocycles. The molecule has 0 bridgehead atoms. The zero-order valence-electron chi connectivity index (χ0n) is 14.9. The van der Waals surface area contributed by atoms with Crippen molar-refractivity contribution < 1.29 is 14.2 Å². The largest absolute Gasteiger partial charge is 0.497 e. The fraction of sp³-hybridized carbons (Fsp3) is 0.263. The third kappa shape index (κ3) is 3.76. The molecule has 1 aliphatic heterocycles. The summed E-state index contributed by atoms with van der Waals surface area (Å²) in [5.41, 5.74) is 2.99. The van der Waals surface area contributed by atoms with Crippen molar-refractivity contribution in [1.29, 1.82) is 0 Å². The molecule has 2 aromatic carbocycles. The Morgan fingerprint density at radius 3 is 2.81 bits per heavy atom. The van der Waals surface area contributed by atoms with Crippen molar-refractivity contribution in [3.05, 3.63) is 52.5 Å². The molecule has 140 valence electrons. The molecule has 1 aromatic heterocycles. The molecule has 2 heterocycles. The first-order valence-corrected chi connectivity index (χ1v) is 9.70. The molecular formula is C19H18ClN3O3S. The van der Waals surface area contributed by atoms with Crippen LogP contribution in [-0.2, 0) is 24.1 Å². The van der Waals surface area contributed by atoms with E-state index in [1.54, 1.807) is 18.9 Å². The summed E-state index contributed by atoms with van der Waals surface area (Å²) in [5, 5.41) is 10.2. The lowest BCUT2D eigenvalue weighted by Crippen LogP contribution is -2.13. The lowest BCUT2D eigenvalue weighted by Gasteiger charge is -2.20. The third-order valence-electron chi connectivity index (χ3n) is 4.29. The Labute approximate surface area is 166 Å². The van der Waals surface area contributed by atoms with Crippen LogP contribution in [0.25, 0.3) is 11.4 Å². The van der Waals surface area contributed by atoms with Gasteiger partial charge in [0.05, 0.1) is 13.7 Å². The highest BCUT2D eigenvalue weighted by Crippen LogP contribution is 2.35. The molecule has 3 aromatic rings. The number of ether oxygens (including phenoxy) is 3. The zero-order chi connectivity index (χ0) is 18.8. The van der Waals surface area contributed by atoms with Crippen LogP contribution < -0.4 is 9.47 Å². The van der Waals surface area contributed by atoms with Crippen LogP contribution in [0.4, 0.5) is 0 Å². The van der Waals surface area contributed by atoms with Gasteiger partial charge < -0.3 is 18.8 Å². The Hall–Kier alpha value is -2.22. The first kappa shape index (κ1) is 18.2. The number of nitrogens with zero attached hydrogens (tertiary/aromatic N) is 3. The van der Waals surface area contributed by atoms with E-state index in [4.69, 9.17) is 25.8 Å². The van der Waals surface area contributed by atoms with Gasteiger partial charge in [-0.05, 0) is 36.4 Å². The molecule has 0 saturated heterocycles. The molecule has 0 fully saturated rings. The number of benzene rings is 2. The van der Waals surface area contributed by atoms with Gasteiger partial charge in [-0.2, -0.15) is 0 Å². The molecular weight excluding hydrogens is 386 g/mol. The second-order valence-corrected chi connectivity index (χ2v) is 7.43. The quantitative estimate of drug-likeness (QED) is 0.592. The normalized spacial score (nSPS) is 13.1. The third-order valence-corrected chi connectivity index (χ3v) is 5.58. The Bertz CT molecular complexity index is 960. The molecule has 0 N–H and O–H groups in total. The van der Waals surface area contributed by atoms with E-state index >= 15 is 0 Å². The molecule has 0 atom stereocenters. The van der Waals surface area contributed by atoms with E-state index in [-0.39, 0.29) is 6.79 Å². The summed E-state index contributed by atoms with van der Waals surface area (Å²) in [7, 11) is 3.61. The molecule has 0 aliphatic carbocycles. The number of aromatic nitrogens is 3. The summed E-state index contributed by atoms with van der Waals surface area (Å²) < 4.78 is 18.2. The van der Waals surface area contributed by atoms with Crippen LogP contribution in [-0.4, -0.2) is 28.7 Å². The smallest absolute Gasteiger partial charge is 0.191 e. The summed E-state index contributed by atoms with van der Waals surface area (Å²) >= 11 is 7.83. The van der Waals surface area contributed by atoms with Crippen molar-refractivity contribution in [3.63, 3.8) is 0 Å². The molecule has 0 spiro atoms. The minimum Gasteiger partial charge on any atom is -0.497 e. The minimum atomic E-state index is 0.262. The number of hydrogen-bond acceptors (Lipinski definition) is 6. The van der Waals surface area contributed by atoms with Gasteiger partial charge in [0.1, 0.15) is 11.5 Å². The maximum absolute atomic E-state index is 6.24. The van der Waals surface area contributed by atoms with Crippen LogP contribution >= 0.6 is 23.4 Å². The van der Waals surface area contributed by atoms with Gasteiger partial charge in [0.2, 0.25) is 0 Å². The van der Waals surface area contributed by atoms with Crippen LogP contribution in [0, 0.1) is 0 Å². The Balaban J connectivity index is 1.54. The van der Waals surface area contributed by atoms with Crippen molar-refractivity contribution in [1.82, 2.24) is 14.8 Å². The van der Waals surface area contributed by atoms with E-state index in [1.807, 2.05) is 48.0 Å². The molecule has 0 amide bonds. The number of methoxy groups -OCH3 is 1. The summed E-state index contributed by atoms with van der Waals surface area (Å²) in [4.78, 5) is 0. The van der Waals surface area contributed by atoms with Gasteiger partial charge >= 0.3 is 0 Å². The predicted octanol–water partition coefficient (Wildman–Crippen LogP) is 4.30. The van der Waals surface area contributed by atoms with Gasteiger partial charge in [-0.1, -0.05) is 23.4 Å². The average molecular weight is 404 g/mol. The second-order valence-electron chi connectivity index (χ2n) is 6.05. The topological polar surface area (TPSA) is 58.4 Å². The van der Waals surface area contributed by atoms with Crippen molar-refractivity contribution in [2.75, 3.05) is 13.9 Å². The minimum absolute atomic E-state index is 0.262. The zero-order valence-corrected chi connectivity index (χ0v) is 16.5. The van der Waals surface area contributed by atoms with E-state index in [2.05, 4.69) is 10.2 Å². The van der Waals surface area contributed by atoms with Crippen LogP contribution in [0.5, 0.6) is 11.5 Å². The fourth-order valence-corrected chi connectivity index (χ4v) is 4.08. The highest BCUT2D eigenvalue weighted by molar-refractivity contribution is 7.98. The molecule has 0 unspecified atom stereocenters. The highest BCUT2D eigenvalue weighted by Gasteiger charge is 2.18. The van der Waals surface area contributed by atoms with Crippen LogP contribution in [0.3, 0.4) is 0 Å². The van der Waals surface area contributed by atoms with Crippen molar-refractivity contribution in [3.8, 4) is 22.9 Å². The van der Waals surface area contributed by atoms with E-state index in [9.17, 15) is 0 Å². The highest BCUT2D eigenvalue weighted by atomic mass is 35.5. The molecule has 8 heteroatoms. The summed E-state index contributed by atoms with van der Waals surface area (Å²) in [5.74, 6) is 3.15. The first-order chi connectivity index (χ1) is 13.2. The SMILES string of the molecule is COc1ccc(-c2nnc(SCc3cc(Cl)cc4c3OCOC4)n2C)cc1. The van der Waals surface area contributed by atoms with Gasteiger partial charge in [-0.3, -0.25) is 0 Å². The van der Waals surface area contributed by atoms with Gasteiger partial charge in [0, 0.05) is 34.5 Å². The van der Waals surface area contributed by atoms with E-state index < -0.39 is 0 Å². The first-order valence-electron chi connectivity index (χ1n) is 8.34. The van der Waals surface area contributed by atoms with Gasteiger partial charge in [-0.25, -0.2) is 0 Å². The molecule has 6 nitrogen and oxygen atoms in total. The number of fused-ring (bicyclic) bond motifs is 1. The van der Waals surface area contributed by atoms with E-state index in [0.717, 1.165) is 39.2 Å². The molecule has 4 rings (SSSR count). The number of thioether (sulfide) groups is 1. The van der Waals surface area contributed by atoms with Crippen molar-refractivity contribution >= 4 is 23.4 Å². The summed E-state index contributed by atoms with van der Waals surface area (Å²) in [6, 6.07) is 11.6. The van der Waals surface area contributed by atoms with E-state index in [0.29, 0.717) is 17.4 Å². The van der Waals surface area contributed by atoms with Gasteiger partial charge in [0.15, 0.2) is 17.8 Å². The average Bonchev–Trinajstić information content (AvgIpc) is 3.06. The van der Waals surface area contributed by atoms with Crippen LogP contribution in [0.15, 0.2) is 41.6 Å². The lowest BCUT2D eigenvalue weighted by molar-refractivity contribution is -0.0168. The van der Waals surface area contributed by atoms with Gasteiger partial charge in [0.25, 0.3) is 0 Å². The fourth-order valence-electron chi connectivity index (χ4n) is 2.94. The van der Waals surface area contributed by atoms with Crippen LogP contribution in [0.1, 0.15) is 11.1 Å². The Kier molecular flexibility index (Phi) is 5.24. The maximum atomic E-state index is 6.24. The predicted molar refractivity (Wildman–Crippen MR) is 104 cm³/mol. The van der Waals surface area contributed by atoms with Crippen molar-refractivity contribution in [2.45, 2.75) is 17.5 Å². The van der Waals surface area contributed by atoms with Gasteiger partial charge in [-0.15, -0.1) is 10.2 Å². The number of halogens is 1. The van der Waals surface area contributed by atoms with E-state index in [1.165, 1.54) is 0 Å². The van der Waals surface area contributed by atoms with Crippen LogP contribution in [0.2, 0.25) is 5.02 Å². The molecule has 1 aliphatic rings. The number of rotatable bonds is 5. The maximum Gasteiger partial charge on any atom is 0.191 e. The monoisotopic (exact) mass is 403 g/mol. The Morgan fingerprint density at radius 2 is 2.04 bits per heavy atom. The standard InChI is InChI=1S/C19H18ClN3O3S/c1-23-18(12-3-5-16(24-2)6-4-12)21-22-19(23)27-10-14-8-15(20)7-13-9-25-11-26-17(13)14/h3-8H,9-11H2,1-2H3. The summed E-state index contributed by atoms with van der Waals surface area (Å²) in [6.07, 6.45) is 0. The second kappa shape index (κ2) is 7.80. The molecule has 27 heavy (non-hydrogen) atoms. The Morgan fingerprint density at radius 1 is 1.22 bits per heavy atom. The molecule has 0 radical (unpaired) electrons.